The molecule has 0 amide bonds. The lowest BCUT2D eigenvalue weighted by molar-refractivity contribution is 0.424. The minimum absolute atomic E-state index is 0. The predicted octanol–water partition coefficient (Wildman–Crippen LogP) is 3.93. The number of rotatable bonds is 2. The molecule has 1 unspecified atom stereocenters. The molecule has 3 rings (SSSR count). The molecule has 18 heavy (non-hydrogen) atoms. The first kappa shape index (κ1) is 13.4. The molecular weight excluding hydrogens is 267 g/mol. The van der Waals surface area contributed by atoms with Crippen LogP contribution >= 0.6 is 24.0 Å². The molecule has 1 heterocycles. The van der Waals surface area contributed by atoms with Gasteiger partial charge in [-0.2, -0.15) is 0 Å². The SMILES string of the molecule is CCC1(c2cnc[nH]2)Cc2ccc(Cl)cc2C1.Cl. The summed E-state index contributed by atoms with van der Waals surface area (Å²) in [6, 6.07) is 6.25. The Balaban J connectivity index is 0.00000120. The number of H-pyrrole nitrogens is 1. The standard InChI is InChI=1S/C14H15ClN2.ClH/c1-2-14(13-8-16-9-17-13)6-10-3-4-12(15)5-11(10)7-14;/h3-5,8-9H,2,6-7H2,1H3,(H,16,17);1H. The van der Waals surface area contributed by atoms with E-state index in [4.69, 9.17) is 11.6 Å². The minimum atomic E-state index is 0. The maximum absolute atomic E-state index is 6.06. The summed E-state index contributed by atoms with van der Waals surface area (Å²) >= 11 is 6.06. The summed E-state index contributed by atoms with van der Waals surface area (Å²) in [6.45, 7) is 2.24. The number of hydrogen-bond acceptors (Lipinski definition) is 1. The molecule has 0 spiro atoms. The highest BCUT2D eigenvalue weighted by atomic mass is 35.5. The maximum atomic E-state index is 6.06. The van der Waals surface area contributed by atoms with E-state index in [9.17, 15) is 0 Å². The van der Waals surface area contributed by atoms with Crippen molar-refractivity contribution >= 4 is 24.0 Å². The number of hydrogen-bond donors (Lipinski definition) is 1. The van der Waals surface area contributed by atoms with Crippen molar-refractivity contribution in [3.05, 3.63) is 52.6 Å². The van der Waals surface area contributed by atoms with Gasteiger partial charge in [-0.1, -0.05) is 24.6 Å². The van der Waals surface area contributed by atoms with Crippen LogP contribution in [0.3, 0.4) is 0 Å². The first-order valence-corrected chi connectivity index (χ1v) is 6.37. The second-order valence-electron chi connectivity index (χ2n) is 4.87. The van der Waals surface area contributed by atoms with Crippen molar-refractivity contribution in [1.82, 2.24) is 9.97 Å². The summed E-state index contributed by atoms with van der Waals surface area (Å²) in [7, 11) is 0. The van der Waals surface area contributed by atoms with Gasteiger partial charge in [0.1, 0.15) is 0 Å². The Morgan fingerprint density at radius 2 is 2.11 bits per heavy atom. The maximum Gasteiger partial charge on any atom is 0.0921 e. The topological polar surface area (TPSA) is 28.7 Å². The number of nitrogens with zero attached hydrogens (tertiary/aromatic N) is 1. The van der Waals surface area contributed by atoms with Crippen LogP contribution in [0.1, 0.15) is 30.2 Å². The Hall–Kier alpha value is -0.990. The fraction of sp³-hybridized carbons (Fsp3) is 0.357. The minimum Gasteiger partial charge on any atom is -0.348 e. The monoisotopic (exact) mass is 282 g/mol. The molecule has 96 valence electrons. The largest absolute Gasteiger partial charge is 0.348 e. The van der Waals surface area contributed by atoms with E-state index >= 15 is 0 Å². The molecule has 0 aliphatic heterocycles. The summed E-state index contributed by atoms with van der Waals surface area (Å²) in [5.41, 5.74) is 4.23. The van der Waals surface area contributed by atoms with Gasteiger partial charge in [0.25, 0.3) is 0 Å². The molecule has 1 aromatic heterocycles. The molecule has 0 radical (unpaired) electrons. The van der Waals surface area contributed by atoms with E-state index in [1.807, 2.05) is 12.3 Å². The number of imidazole rings is 1. The van der Waals surface area contributed by atoms with Crippen molar-refractivity contribution < 1.29 is 0 Å². The van der Waals surface area contributed by atoms with E-state index in [0.717, 1.165) is 24.3 Å². The van der Waals surface area contributed by atoms with Crippen LogP contribution in [0.4, 0.5) is 0 Å². The van der Waals surface area contributed by atoms with Crippen molar-refractivity contribution in [2.24, 2.45) is 0 Å². The lowest BCUT2D eigenvalue weighted by Crippen LogP contribution is -2.26. The number of aromatic nitrogens is 2. The Labute approximate surface area is 118 Å². The van der Waals surface area contributed by atoms with Crippen LogP contribution in [0.5, 0.6) is 0 Å². The van der Waals surface area contributed by atoms with Gasteiger partial charge >= 0.3 is 0 Å². The van der Waals surface area contributed by atoms with Crippen LogP contribution < -0.4 is 0 Å². The summed E-state index contributed by atoms with van der Waals surface area (Å²) in [5.74, 6) is 0. The number of aromatic amines is 1. The molecule has 2 nitrogen and oxygen atoms in total. The number of nitrogens with one attached hydrogen (secondary N) is 1. The smallest absolute Gasteiger partial charge is 0.0921 e. The molecule has 1 aliphatic rings. The van der Waals surface area contributed by atoms with Gasteiger partial charge in [-0.3, -0.25) is 0 Å². The molecule has 0 saturated heterocycles. The van der Waals surface area contributed by atoms with E-state index in [2.05, 4.69) is 29.0 Å². The zero-order valence-electron chi connectivity index (χ0n) is 10.2. The van der Waals surface area contributed by atoms with E-state index in [1.54, 1.807) is 6.33 Å². The molecular formula is C14H16Cl2N2. The Morgan fingerprint density at radius 3 is 2.78 bits per heavy atom. The third-order valence-electron chi connectivity index (χ3n) is 3.97. The van der Waals surface area contributed by atoms with E-state index in [-0.39, 0.29) is 17.8 Å². The van der Waals surface area contributed by atoms with Crippen molar-refractivity contribution in [1.29, 1.82) is 0 Å². The predicted molar refractivity (Wildman–Crippen MR) is 76.7 cm³/mol. The summed E-state index contributed by atoms with van der Waals surface area (Å²) in [6.07, 6.45) is 6.97. The number of benzene rings is 1. The van der Waals surface area contributed by atoms with E-state index in [0.29, 0.717) is 0 Å². The number of halogens is 2. The molecule has 1 aromatic carbocycles. The molecule has 0 bridgehead atoms. The van der Waals surface area contributed by atoms with Gasteiger partial charge in [0.05, 0.1) is 6.33 Å². The zero-order valence-corrected chi connectivity index (χ0v) is 11.8. The van der Waals surface area contributed by atoms with Gasteiger partial charge in [0, 0.05) is 22.3 Å². The molecule has 0 saturated carbocycles. The Bertz CT molecular complexity index is 537. The van der Waals surface area contributed by atoms with Crippen molar-refractivity contribution in [2.75, 3.05) is 0 Å². The summed E-state index contributed by atoms with van der Waals surface area (Å²) in [4.78, 5) is 7.43. The average molecular weight is 283 g/mol. The highest BCUT2D eigenvalue weighted by Crippen LogP contribution is 2.41. The highest BCUT2D eigenvalue weighted by Gasteiger charge is 2.38. The van der Waals surface area contributed by atoms with Crippen LogP contribution in [0.15, 0.2) is 30.7 Å². The van der Waals surface area contributed by atoms with Gasteiger partial charge in [-0.05, 0) is 42.5 Å². The van der Waals surface area contributed by atoms with Crippen LogP contribution in [0.2, 0.25) is 5.02 Å². The third-order valence-corrected chi connectivity index (χ3v) is 4.21. The zero-order chi connectivity index (χ0) is 11.9. The van der Waals surface area contributed by atoms with Gasteiger partial charge < -0.3 is 4.98 Å². The van der Waals surface area contributed by atoms with Gasteiger partial charge in [0.15, 0.2) is 0 Å². The van der Waals surface area contributed by atoms with Gasteiger partial charge in [-0.15, -0.1) is 12.4 Å². The van der Waals surface area contributed by atoms with Crippen LogP contribution in [-0.2, 0) is 18.3 Å². The Morgan fingerprint density at radius 1 is 1.33 bits per heavy atom. The molecule has 1 atom stereocenters. The average Bonchev–Trinajstić information content (AvgIpc) is 2.95. The normalized spacial score (nSPS) is 21.4. The van der Waals surface area contributed by atoms with Crippen molar-refractivity contribution in [3.63, 3.8) is 0 Å². The lowest BCUT2D eigenvalue weighted by Gasteiger charge is -2.25. The molecule has 1 N–H and O–H groups in total. The lowest BCUT2D eigenvalue weighted by atomic mass is 9.79. The van der Waals surface area contributed by atoms with Crippen molar-refractivity contribution in [3.8, 4) is 0 Å². The fourth-order valence-corrected chi connectivity index (χ4v) is 3.09. The second kappa shape index (κ2) is 4.94. The van der Waals surface area contributed by atoms with Gasteiger partial charge in [0.2, 0.25) is 0 Å². The van der Waals surface area contributed by atoms with Crippen LogP contribution in [0.25, 0.3) is 0 Å². The summed E-state index contributed by atoms with van der Waals surface area (Å²) < 4.78 is 0. The van der Waals surface area contributed by atoms with E-state index < -0.39 is 0 Å². The van der Waals surface area contributed by atoms with Crippen molar-refractivity contribution in [2.45, 2.75) is 31.6 Å². The molecule has 0 fully saturated rings. The third kappa shape index (κ3) is 2.04. The van der Waals surface area contributed by atoms with E-state index in [1.165, 1.54) is 16.8 Å². The highest BCUT2D eigenvalue weighted by molar-refractivity contribution is 6.30. The molecule has 1 aliphatic carbocycles. The first-order chi connectivity index (χ1) is 8.23. The quantitative estimate of drug-likeness (QED) is 0.888. The molecule has 2 aromatic rings. The Kier molecular flexibility index (Phi) is 3.69. The van der Waals surface area contributed by atoms with Crippen LogP contribution in [-0.4, -0.2) is 9.97 Å². The van der Waals surface area contributed by atoms with Crippen LogP contribution in [0, 0.1) is 0 Å². The summed E-state index contributed by atoms with van der Waals surface area (Å²) in [5, 5.41) is 0.834. The van der Waals surface area contributed by atoms with Gasteiger partial charge in [-0.25, -0.2) is 4.98 Å². The second-order valence-corrected chi connectivity index (χ2v) is 5.30. The number of fused-ring (bicyclic) bond motifs is 1. The fourth-order valence-electron chi connectivity index (χ4n) is 2.90. The molecule has 4 heteroatoms. The first-order valence-electron chi connectivity index (χ1n) is 6.00.